The molecule has 2 N–H and O–H groups in total. The van der Waals surface area contributed by atoms with Crippen molar-refractivity contribution in [1.29, 1.82) is 0 Å². The normalized spacial score (nSPS) is 12.7. The van der Waals surface area contributed by atoms with Gasteiger partial charge in [-0.1, -0.05) is 18.6 Å². The van der Waals surface area contributed by atoms with Crippen LogP contribution in [0.15, 0.2) is 11.6 Å². The van der Waals surface area contributed by atoms with Gasteiger partial charge in [0.25, 0.3) is 0 Å². The summed E-state index contributed by atoms with van der Waals surface area (Å²) in [7, 11) is 0. The van der Waals surface area contributed by atoms with E-state index in [0.29, 0.717) is 5.92 Å². The van der Waals surface area contributed by atoms with Gasteiger partial charge in [-0.25, -0.2) is 0 Å². The fourth-order valence-corrected chi connectivity index (χ4v) is 1.69. The third-order valence-corrected chi connectivity index (χ3v) is 2.62. The van der Waals surface area contributed by atoms with Crippen LogP contribution in [0.25, 0.3) is 0 Å². The highest BCUT2D eigenvalue weighted by Crippen LogP contribution is 2.07. The Bertz CT molecular complexity index is 117. The van der Waals surface area contributed by atoms with Crippen LogP contribution in [0.5, 0.6) is 0 Å². The second kappa shape index (κ2) is 6.74. The minimum atomic E-state index is 0.658. The number of rotatable bonds is 5. The van der Waals surface area contributed by atoms with Crippen molar-refractivity contribution in [1.82, 2.24) is 0 Å². The monoisotopic (exact) mass is 173 g/mol. The second-order valence-electron chi connectivity index (χ2n) is 3.16. The zero-order chi connectivity index (χ0) is 8.69. The maximum absolute atomic E-state index is 5.49. The van der Waals surface area contributed by atoms with Crippen molar-refractivity contribution in [2.75, 3.05) is 18.1 Å². The molecule has 0 spiro atoms. The first-order valence-corrected chi connectivity index (χ1v) is 5.23. The van der Waals surface area contributed by atoms with Crippen molar-refractivity contribution < 1.29 is 0 Å². The van der Waals surface area contributed by atoms with Crippen LogP contribution in [0.2, 0.25) is 0 Å². The second-order valence-corrected chi connectivity index (χ2v) is 4.23. The summed E-state index contributed by atoms with van der Waals surface area (Å²) in [5.74, 6) is 2.97. The van der Waals surface area contributed by atoms with E-state index in [0.717, 1.165) is 12.3 Å². The smallest absolute Gasteiger partial charge is 0.0115 e. The van der Waals surface area contributed by atoms with Crippen LogP contribution in [-0.4, -0.2) is 18.1 Å². The molecular formula is C9H19NS. The Morgan fingerprint density at radius 2 is 2.18 bits per heavy atom. The largest absolute Gasteiger partial charge is 0.330 e. The molecular weight excluding hydrogens is 154 g/mol. The standard InChI is InChI=1S/C9H19NS/c1-8(2)4-5-11-7-9(3)6-10/h4,9H,5-7,10H2,1-3H3. The highest BCUT2D eigenvalue weighted by molar-refractivity contribution is 7.99. The molecule has 1 nitrogen and oxygen atoms in total. The Morgan fingerprint density at radius 3 is 2.64 bits per heavy atom. The van der Waals surface area contributed by atoms with Crippen molar-refractivity contribution in [3.63, 3.8) is 0 Å². The van der Waals surface area contributed by atoms with E-state index in [9.17, 15) is 0 Å². The lowest BCUT2D eigenvalue weighted by Crippen LogP contribution is -2.12. The van der Waals surface area contributed by atoms with E-state index in [4.69, 9.17) is 5.73 Å². The molecule has 66 valence electrons. The van der Waals surface area contributed by atoms with Crippen LogP contribution < -0.4 is 5.73 Å². The van der Waals surface area contributed by atoms with Gasteiger partial charge in [-0.3, -0.25) is 0 Å². The van der Waals surface area contributed by atoms with E-state index < -0.39 is 0 Å². The van der Waals surface area contributed by atoms with Gasteiger partial charge >= 0.3 is 0 Å². The quantitative estimate of drug-likeness (QED) is 0.510. The minimum absolute atomic E-state index is 0.658. The number of thioether (sulfide) groups is 1. The first kappa shape index (κ1) is 11.1. The molecule has 0 bridgehead atoms. The van der Waals surface area contributed by atoms with Crippen molar-refractivity contribution >= 4 is 11.8 Å². The fourth-order valence-electron chi connectivity index (χ4n) is 0.563. The molecule has 0 saturated carbocycles. The molecule has 0 aliphatic heterocycles. The summed E-state index contributed by atoms with van der Waals surface area (Å²) in [6, 6.07) is 0. The summed E-state index contributed by atoms with van der Waals surface area (Å²) in [6.07, 6.45) is 2.26. The molecule has 0 aliphatic carbocycles. The Balaban J connectivity index is 3.21. The molecule has 0 radical (unpaired) electrons. The van der Waals surface area contributed by atoms with Gasteiger partial charge in [-0.2, -0.15) is 11.8 Å². The van der Waals surface area contributed by atoms with E-state index in [1.807, 2.05) is 11.8 Å². The molecule has 2 heteroatoms. The molecule has 0 aromatic heterocycles. The van der Waals surface area contributed by atoms with E-state index in [2.05, 4.69) is 26.8 Å². The first-order valence-electron chi connectivity index (χ1n) is 4.08. The average molecular weight is 173 g/mol. The van der Waals surface area contributed by atoms with Crippen LogP contribution in [-0.2, 0) is 0 Å². The third kappa shape index (κ3) is 7.95. The number of allylic oxidation sites excluding steroid dienone is 1. The van der Waals surface area contributed by atoms with Crippen molar-refractivity contribution in [3.8, 4) is 0 Å². The molecule has 0 saturated heterocycles. The van der Waals surface area contributed by atoms with Crippen LogP contribution in [0, 0.1) is 5.92 Å². The molecule has 0 fully saturated rings. The lowest BCUT2D eigenvalue weighted by atomic mass is 10.2. The topological polar surface area (TPSA) is 26.0 Å². The predicted molar refractivity (Wildman–Crippen MR) is 55.0 cm³/mol. The maximum Gasteiger partial charge on any atom is 0.0115 e. The zero-order valence-corrected chi connectivity index (χ0v) is 8.58. The lowest BCUT2D eigenvalue weighted by Gasteiger charge is -2.05. The van der Waals surface area contributed by atoms with E-state index in [1.54, 1.807) is 0 Å². The van der Waals surface area contributed by atoms with Crippen molar-refractivity contribution in [2.45, 2.75) is 20.8 Å². The number of hydrogen-bond donors (Lipinski definition) is 1. The molecule has 0 rings (SSSR count). The van der Waals surface area contributed by atoms with Crippen molar-refractivity contribution in [3.05, 3.63) is 11.6 Å². The first-order chi connectivity index (χ1) is 5.16. The zero-order valence-electron chi connectivity index (χ0n) is 7.76. The van der Waals surface area contributed by atoms with Crippen LogP contribution in [0.4, 0.5) is 0 Å². The molecule has 0 aromatic carbocycles. The van der Waals surface area contributed by atoms with Crippen LogP contribution in [0.1, 0.15) is 20.8 Å². The maximum atomic E-state index is 5.49. The van der Waals surface area contributed by atoms with Gasteiger partial charge in [0, 0.05) is 5.75 Å². The molecule has 0 amide bonds. The summed E-state index contributed by atoms with van der Waals surface area (Å²) < 4.78 is 0. The van der Waals surface area contributed by atoms with E-state index >= 15 is 0 Å². The number of hydrogen-bond acceptors (Lipinski definition) is 2. The number of nitrogens with two attached hydrogens (primary N) is 1. The Hall–Kier alpha value is 0.0500. The van der Waals surface area contributed by atoms with Gasteiger partial charge in [0.1, 0.15) is 0 Å². The third-order valence-electron chi connectivity index (χ3n) is 1.41. The summed E-state index contributed by atoms with van der Waals surface area (Å²) in [5, 5.41) is 0. The van der Waals surface area contributed by atoms with Gasteiger partial charge in [0.2, 0.25) is 0 Å². The molecule has 1 atom stereocenters. The molecule has 0 aromatic rings. The van der Waals surface area contributed by atoms with E-state index in [1.165, 1.54) is 11.3 Å². The molecule has 11 heavy (non-hydrogen) atoms. The van der Waals surface area contributed by atoms with Gasteiger partial charge in [0.05, 0.1) is 0 Å². The summed E-state index contributed by atoms with van der Waals surface area (Å²) in [4.78, 5) is 0. The molecule has 0 heterocycles. The molecule has 1 unspecified atom stereocenters. The average Bonchev–Trinajstić information content (AvgIpc) is 1.97. The summed E-state index contributed by atoms with van der Waals surface area (Å²) >= 11 is 1.96. The van der Waals surface area contributed by atoms with Gasteiger partial charge in [0.15, 0.2) is 0 Å². The van der Waals surface area contributed by atoms with Gasteiger partial charge in [-0.15, -0.1) is 0 Å². The summed E-state index contributed by atoms with van der Waals surface area (Å²) in [5.41, 5.74) is 6.89. The minimum Gasteiger partial charge on any atom is -0.330 e. The Morgan fingerprint density at radius 1 is 1.55 bits per heavy atom. The van der Waals surface area contributed by atoms with Crippen molar-refractivity contribution in [2.24, 2.45) is 11.7 Å². The highest BCUT2D eigenvalue weighted by Gasteiger charge is 1.96. The lowest BCUT2D eigenvalue weighted by molar-refractivity contribution is 0.676. The van der Waals surface area contributed by atoms with Crippen LogP contribution >= 0.6 is 11.8 Å². The van der Waals surface area contributed by atoms with Crippen LogP contribution in [0.3, 0.4) is 0 Å². The Kier molecular flexibility index (Phi) is 6.77. The Labute approximate surface area is 74.4 Å². The van der Waals surface area contributed by atoms with Gasteiger partial charge in [-0.05, 0) is 32.1 Å². The molecule has 0 aliphatic rings. The predicted octanol–water partition coefficient (Wildman–Crippen LogP) is 2.28. The highest BCUT2D eigenvalue weighted by atomic mass is 32.2. The SMILES string of the molecule is CC(C)=CCSCC(C)CN. The fraction of sp³-hybridized carbons (Fsp3) is 0.778. The van der Waals surface area contributed by atoms with E-state index in [-0.39, 0.29) is 0 Å². The summed E-state index contributed by atoms with van der Waals surface area (Å²) in [6.45, 7) is 7.26. The van der Waals surface area contributed by atoms with Gasteiger partial charge < -0.3 is 5.73 Å².